The second-order valence-electron chi connectivity index (χ2n) is 6.61. The van der Waals surface area contributed by atoms with Crippen molar-refractivity contribution in [2.75, 3.05) is 32.7 Å². The molecule has 0 atom stereocenters. The molecule has 126 valence electrons. The van der Waals surface area contributed by atoms with Gasteiger partial charge in [0.25, 0.3) is 5.91 Å². The lowest BCUT2D eigenvalue weighted by molar-refractivity contribution is -0.123. The topological polar surface area (TPSA) is 52.7 Å². The van der Waals surface area contributed by atoms with E-state index in [4.69, 9.17) is 0 Å². The highest BCUT2D eigenvalue weighted by Gasteiger charge is 2.24. The third-order valence-corrected chi connectivity index (χ3v) is 4.09. The van der Waals surface area contributed by atoms with Gasteiger partial charge in [-0.3, -0.25) is 14.5 Å². The molecular weight excluding hydrogens is 290 g/mol. The first-order valence-electron chi connectivity index (χ1n) is 8.25. The zero-order valence-electron chi connectivity index (χ0n) is 14.6. The van der Waals surface area contributed by atoms with E-state index in [-0.39, 0.29) is 17.9 Å². The number of piperazine rings is 1. The van der Waals surface area contributed by atoms with Crippen molar-refractivity contribution in [3.05, 3.63) is 34.9 Å². The maximum atomic E-state index is 12.6. The van der Waals surface area contributed by atoms with Crippen LogP contribution in [0.25, 0.3) is 0 Å². The summed E-state index contributed by atoms with van der Waals surface area (Å²) in [5.41, 5.74) is 2.97. The summed E-state index contributed by atoms with van der Waals surface area (Å²) in [6.45, 7) is 11.1. The Morgan fingerprint density at radius 3 is 2.35 bits per heavy atom. The van der Waals surface area contributed by atoms with Gasteiger partial charge in [0, 0.05) is 37.8 Å². The van der Waals surface area contributed by atoms with Crippen molar-refractivity contribution < 1.29 is 9.59 Å². The minimum Gasteiger partial charge on any atom is -0.353 e. The first kappa shape index (κ1) is 17.5. The number of nitrogens with zero attached hydrogens (tertiary/aromatic N) is 2. The molecular formula is C18H27N3O2. The monoisotopic (exact) mass is 317 g/mol. The summed E-state index contributed by atoms with van der Waals surface area (Å²) in [5.74, 6) is 0.142. The van der Waals surface area contributed by atoms with E-state index in [1.165, 1.54) is 5.56 Å². The number of carbonyl (C=O) groups excluding carboxylic acids is 2. The predicted octanol–water partition coefficient (Wildman–Crippen LogP) is 1.59. The highest BCUT2D eigenvalue weighted by Crippen LogP contribution is 2.14. The second kappa shape index (κ2) is 7.59. The molecule has 1 N–H and O–H groups in total. The molecule has 5 heteroatoms. The molecule has 1 aromatic rings. The van der Waals surface area contributed by atoms with Crippen LogP contribution in [-0.2, 0) is 4.79 Å². The molecule has 23 heavy (non-hydrogen) atoms. The van der Waals surface area contributed by atoms with E-state index in [9.17, 15) is 9.59 Å². The smallest absolute Gasteiger partial charge is 0.254 e. The molecule has 1 aromatic carbocycles. The minimum atomic E-state index is 0.0501. The van der Waals surface area contributed by atoms with Crippen LogP contribution in [0.1, 0.15) is 35.3 Å². The number of aryl methyl sites for hydroxylation is 2. The second-order valence-corrected chi connectivity index (χ2v) is 6.61. The number of rotatable bonds is 4. The summed E-state index contributed by atoms with van der Waals surface area (Å²) in [6, 6.07) is 6.09. The van der Waals surface area contributed by atoms with Crippen LogP contribution in [0.15, 0.2) is 18.2 Å². The van der Waals surface area contributed by atoms with Crippen LogP contribution >= 0.6 is 0 Å². The SMILES string of the molecule is Cc1ccc(C(=O)N2CCN(CC(=O)NC(C)C)CC2)c(C)c1. The zero-order chi connectivity index (χ0) is 17.0. The fourth-order valence-electron chi connectivity index (χ4n) is 2.90. The Hall–Kier alpha value is -1.88. The lowest BCUT2D eigenvalue weighted by Gasteiger charge is -2.34. The Morgan fingerprint density at radius 1 is 1.13 bits per heavy atom. The average Bonchev–Trinajstić information content (AvgIpc) is 2.46. The first-order chi connectivity index (χ1) is 10.9. The largest absolute Gasteiger partial charge is 0.353 e. The van der Waals surface area contributed by atoms with Crippen LogP contribution in [-0.4, -0.2) is 60.4 Å². The van der Waals surface area contributed by atoms with Gasteiger partial charge in [-0.1, -0.05) is 17.7 Å². The maximum absolute atomic E-state index is 12.6. The number of carbonyl (C=O) groups is 2. The van der Waals surface area contributed by atoms with Crippen LogP contribution < -0.4 is 5.32 Å². The highest BCUT2D eigenvalue weighted by atomic mass is 16.2. The third-order valence-electron chi connectivity index (χ3n) is 4.09. The number of hydrogen-bond acceptors (Lipinski definition) is 3. The fourth-order valence-corrected chi connectivity index (χ4v) is 2.90. The maximum Gasteiger partial charge on any atom is 0.254 e. The minimum absolute atomic E-state index is 0.0501. The first-order valence-corrected chi connectivity index (χ1v) is 8.25. The lowest BCUT2D eigenvalue weighted by Crippen LogP contribution is -2.51. The van der Waals surface area contributed by atoms with Gasteiger partial charge in [-0.25, -0.2) is 0 Å². The fraction of sp³-hybridized carbons (Fsp3) is 0.556. The summed E-state index contributed by atoms with van der Waals surface area (Å²) < 4.78 is 0. The Bertz CT molecular complexity index is 576. The summed E-state index contributed by atoms with van der Waals surface area (Å²) in [6.07, 6.45) is 0. The molecule has 0 unspecified atom stereocenters. The molecule has 0 spiro atoms. The number of hydrogen-bond donors (Lipinski definition) is 1. The quantitative estimate of drug-likeness (QED) is 0.917. The predicted molar refractivity (Wildman–Crippen MR) is 91.5 cm³/mol. The van der Waals surface area contributed by atoms with Gasteiger partial charge in [0.1, 0.15) is 0 Å². The van der Waals surface area contributed by atoms with E-state index >= 15 is 0 Å². The van der Waals surface area contributed by atoms with Gasteiger partial charge in [-0.05, 0) is 39.3 Å². The number of nitrogens with one attached hydrogen (secondary N) is 1. The van der Waals surface area contributed by atoms with E-state index in [1.807, 2.05) is 50.8 Å². The van der Waals surface area contributed by atoms with E-state index in [0.717, 1.165) is 24.2 Å². The van der Waals surface area contributed by atoms with E-state index in [1.54, 1.807) is 0 Å². The molecule has 0 aliphatic carbocycles. The summed E-state index contributed by atoms with van der Waals surface area (Å²) in [4.78, 5) is 28.4. The van der Waals surface area contributed by atoms with Crippen LogP contribution in [0.4, 0.5) is 0 Å². The van der Waals surface area contributed by atoms with Crippen molar-refractivity contribution in [1.82, 2.24) is 15.1 Å². The Kier molecular flexibility index (Phi) is 5.77. The Labute approximate surface area is 138 Å². The van der Waals surface area contributed by atoms with Gasteiger partial charge in [-0.15, -0.1) is 0 Å². The van der Waals surface area contributed by atoms with Crippen molar-refractivity contribution in [1.29, 1.82) is 0 Å². The molecule has 0 aromatic heterocycles. The average molecular weight is 317 g/mol. The highest BCUT2D eigenvalue weighted by molar-refractivity contribution is 5.95. The third kappa shape index (κ3) is 4.79. The van der Waals surface area contributed by atoms with Crippen LogP contribution in [0.3, 0.4) is 0 Å². The van der Waals surface area contributed by atoms with E-state index in [0.29, 0.717) is 19.6 Å². The standard InChI is InChI=1S/C18H27N3O2/c1-13(2)19-17(22)12-20-7-9-21(10-8-20)18(23)16-6-5-14(3)11-15(16)4/h5-6,11,13H,7-10,12H2,1-4H3,(H,19,22). The molecule has 0 bridgehead atoms. The van der Waals surface area contributed by atoms with Gasteiger partial charge in [0.05, 0.1) is 6.54 Å². The van der Waals surface area contributed by atoms with Crippen LogP contribution in [0.2, 0.25) is 0 Å². The van der Waals surface area contributed by atoms with Gasteiger partial charge in [0.15, 0.2) is 0 Å². The zero-order valence-corrected chi connectivity index (χ0v) is 14.6. The summed E-state index contributed by atoms with van der Waals surface area (Å²) >= 11 is 0. The summed E-state index contributed by atoms with van der Waals surface area (Å²) in [5, 5.41) is 2.90. The number of benzene rings is 1. The molecule has 1 fully saturated rings. The van der Waals surface area contributed by atoms with Crippen molar-refractivity contribution in [2.24, 2.45) is 0 Å². The van der Waals surface area contributed by atoms with Crippen molar-refractivity contribution in [3.8, 4) is 0 Å². The molecule has 1 saturated heterocycles. The Balaban J connectivity index is 1.89. The Morgan fingerprint density at radius 2 is 1.78 bits per heavy atom. The van der Waals surface area contributed by atoms with E-state index in [2.05, 4.69) is 10.2 Å². The molecule has 1 heterocycles. The summed E-state index contributed by atoms with van der Waals surface area (Å²) in [7, 11) is 0. The molecule has 2 amide bonds. The van der Waals surface area contributed by atoms with Gasteiger partial charge >= 0.3 is 0 Å². The van der Waals surface area contributed by atoms with Gasteiger partial charge in [-0.2, -0.15) is 0 Å². The number of amides is 2. The van der Waals surface area contributed by atoms with Crippen LogP contribution in [0, 0.1) is 13.8 Å². The van der Waals surface area contributed by atoms with Gasteiger partial charge < -0.3 is 10.2 Å². The molecule has 0 saturated carbocycles. The normalized spacial score (nSPS) is 15.8. The van der Waals surface area contributed by atoms with Crippen molar-refractivity contribution >= 4 is 11.8 Å². The molecule has 5 nitrogen and oxygen atoms in total. The van der Waals surface area contributed by atoms with Crippen molar-refractivity contribution in [3.63, 3.8) is 0 Å². The lowest BCUT2D eigenvalue weighted by atomic mass is 10.0. The van der Waals surface area contributed by atoms with Crippen LogP contribution in [0.5, 0.6) is 0 Å². The van der Waals surface area contributed by atoms with E-state index < -0.39 is 0 Å². The van der Waals surface area contributed by atoms with Gasteiger partial charge in [0.2, 0.25) is 5.91 Å². The van der Waals surface area contributed by atoms with Crippen molar-refractivity contribution in [2.45, 2.75) is 33.7 Å². The molecule has 0 radical (unpaired) electrons. The molecule has 1 aliphatic heterocycles. The molecule has 2 rings (SSSR count). The molecule has 1 aliphatic rings.